The van der Waals surface area contributed by atoms with Gasteiger partial charge in [-0.1, -0.05) is 18.2 Å². The maximum absolute atomic E-state index is 12.8. The minimum atomic E-state index is -4.53. The number of hydrogen-bond acceptors (Lipinski definition) is 2. The van der Waals surface area contributed by atoms with E-state index in [1.807, 2.05) is 0 Å². The molecule has 0 aromatic heterocycles. The molecule has 25 heavy (non-hydrogen) atoms. The molecule has 134 valence electrons. The molecule has 1 saturated heterocycles. The molecule has 3 amide bonds. The lowest BCUT2D eigenvalue weighted by atomic mass is 10.2. The number of halogens is 4. The van der Waals surface area contributed by atoms with Crippen LogP contribution in [-0.4, -0.2) is 46.9 Å². The predicted octanol–water partition coefficient (Wildman–Crippen LogP) is 3.36. The second kappa shape index (κ2) is 6.25. The molecule has 1 aliphatic carbocycles. The van der Waals surface area contributed by atoms with Crippen LogP contribution in [0.4, 0.5) is 23.7 Å². The highest BCUT2D eigenvalue weighted by Crippen LogP contribution is 2.38. The smallest absolute Gasteiger partial charge is 0.332 e. The van der Waals surface area contributed by atoms with Crippen LogP contribution in [0.3, 0.4) is 0 Å². The number of carbonyl (C=O) groups is 2. The molecule has 1 aliphatic heterocycles. The molecule has 1 aromatic carbocycles. The molecular formula is C16H15ClF3N3O2. The fourth-order valence-electron chi connectivity index (χ4n) is 3.01. The maximum atomic E-state index is 12.8. The Morgan fingerprint density at radius 2 is 1.88 bits per heavy atom. The van der Waals surface area contributed by atoms with Crippen molar-refractivity contribution in [2.45, 2.75) is 24.7 Å². The van der Waals surface area contributed by atoms with Gasteiger partial charge in [0.15, 0.2) is 0 Å². The number of piperazine rings is 1. The highest BCUT2D eigenvalue weighted by Gasteiger charge is 2.51. The van der Waals surface area contributed by atoms with E-state index in [-0.39, 0.29) is 28.7 Å². The Bertz CT molecular complexity index is 738. The summed E-state index contributed by atoms with van der Waals surface area (Å²) in [5, 5.41) is 2.46. The summed E-state index contributed by atoms with van der Waals surface area (Å²) >= 11 is 5.90. The van der Waals surface area contributed by atoms with E-state index in [4.69, 9.17) is 11.6 Å². The molecule has 2 fully saturated rings. The minimum Gasteiger partial charge on any atom is -0.332 e. The molecule has 2 atom stereocenters. The molecular weight excluding hydrogens is 359 g/mol. The number of benzene rings is 1. The van der Waals surface area contributed by atoms with Gasteiger partial charge in [-0.2, -0.15) is 13.2 Å². The van der Waals surface area contributed by atoms with Crippen LogP contribution in [-0.2, 0) is 11.0 Å². The highest BCUT2D eigenvalue weighted by atomic mass is 35.5. The molecule has 2 aliphatic rings. The van der Waals surface area contributed by atoms with Crippen LogP contribution in [0.25, 0.3) is 0 Å². The van der Waals surface area contributed by atoms with Gasteiger partial charge in [-0.3, -0.25) is 4.79 Å². The quantitative estimate of drug-likeness (QED) is 0.808. The van der Waals surface area contributed by atoms with Crippen molar-refractivity contribution in [3.05, 3.63) is 41.4 Å². The molecule has 1 N–H and O–H groups in total. The number of fused-ring (bicyclic) bond motifs is 1. The monoisotopic (exact) mass is 373 g/mol. The van der Waals surface area contributed by atoms with Gasteiger partial charge in [0.05, 0.1) is 28.4 Å². The first-order valence-electron chi connectivity index (χ1n) is 7.60. The molecule has 0 spiro atoms. The number of nitrogens with zero attached hydrogens (tertiary/aromatic N) is 2. The summed E-state index contributed by atoms with van der Waals surface area (Å²) < 4.78 is 38.4. The Balaban J connectivity index is 1.70. The second-order valence-corrected chi connectivity index (χ2v) is 6.33. The Morgan fingerprint density at radius 3 is 2.52 bits per heavy atom. The average molecular weight is 374 g/mol. The number of urea groups is 1. The molecule has 2 unspecified atom stereocenters. The van der Waals surface area contributed by atoms with Crippen molar-refractivity contribution in [3.63, 3.8) is 0 Å². The van der Waals surface area contributed by atoms with Crippen LogP contribution in [0.2, 0.25) is 5.02 Å². The number of nitrogens with one attached hydrogen (secondary N) is 1. The molecule has 1 saturated carbocycles. The van der Waals surface area contributed by atoms with Gasteiger partial charge >= 0.3 is 12.2 Å². The fraction of sp³-hybridized carbons (Fsp3) is 0.375. The standard InChI is InChI=1S/C16H15ClF3N3O2/c1-2-14(24)22-5-6-23(13-8-12(13)22)15(25)21-11-7-9(16(18,19)20)3-4-10(11)17/h2-4,7,12-13H,1,5-6,8H2,(H,21,25). The van der Waals surface area contributed by atoms with Gasteiger partial charge in [0.2, 0.25) is 5.91 Å². The van der Waals surface area contributed by atoms with Crippen LogP contribution in [0.5, 0.6) is 0 Å². The predicted molar refractivity (Wildman–Crippen MR) is 86.3 cm³/mol. The first kappa shape index (κ1) is 17.6. The van der Waals surface area contributed by atoms with Crippen molar-refractivity contribution in [2.75, 3.05) is 18.4 Å². The summed E-state index contributed by atoms with van der Waals surface area (Å²) in [5.74, 6) is -0.187. The number of anilines is 1. The molecule has 1 heterocycles. The first-order chi connectivity index (χ1) is 11.7. The van der Waals surface area contributed by atoms with E-state index < -0.39 is 17.8 Å². The van der Waals surface area contributed by atoms with Crippen LogP contribution >= 0.6 is 11.6 Å². The first-order valence-corrected chi connectivity index (χ1v) is 7.97. The van der Waals surface area contributed by atoms with Gasteiger partial charge in [0.25, 0.3) is 0 Å². The normalized spacial score (nSPS) is 22.2. The van der Waals surface area contributed by atoms with Gasteiger partial charge in [-0.15, -0.1) is 0 Å². The Kier molecular flexibility index (Phi) is 4.40. The van der Waals surface area contributed by atoms with Crippen molar-refractivity contribution in [3.8, 4) is 0 Å². The molecule has 0 bridgehead atoms. The third-order valence-electron chi connectivity index (χ3n) is 4.36. The zero-order valence-corrected chi connectivity index (χ0v) is 13.8. The van der Waals surface area contributed by atoms with E-state index >= 15 is 0 Å². The highest BCUT2D eigenvalue weighted by molar-refractivity contribution is 6.33. The summed E-state index contributed by atoms with van der Waals surface area (Å²) in [7, 11) is 0. The van der Waals surface area contributed by atoms with Crippen molar-refractivity contribution in [2.24, 2.45) is 0 Å². The molecule has 9 heteroatoms. The number of rotatable bonds is 2. The van der Waals surface area contributed by atoms with Crippen molar-refractivity contribution in [1.82, 2.24) is 9.80 Å². The number of alkyl halides is 3. The summed E-state index contributed by atoms with van der Waals surface area (Å²) in [6, 6.07) is 2.03. The lowest BCUT2D eigenvalue weighted by Gasteiger charge is -2.33. The van der Waals surface area contributed by atoms with E-state index in [0.717, 1.165) is 18.2 Å². The second-order valence-electron chi connectivity index (χ2n) is 5.92. The lowest BCUT2D eigenvalue weighted by molar-refractivity contribution is -0.137. The van der Waals surface area contributed by atoms with Gasteiger partial charge in [-0.25, -0.2) is 4.79 Å². The minimum absolute atomic E-state index is 0.0224. The zero-order valence-electron chi connectivity index (χ0n) is 13.0. The summed E-state index contributed by atoms with van der Waals surface area (Å²) in [5.41, 5.74) is -0.985. The van der Waals surface area contributed by atoms with E-state index in [2.05, 4.69) is 11.9 Å². The van der Waals surface area contributed by atoms with Crippen molar-refractivity contribution < 1.29 is 22.8 Å². The third-order valence-corrected chi connectivity index (χ3v) is 4.69. The number of amides is 3. The Labute approximate surface area is 147 Å². The van der Waals surface area contributed by atoms with Crippen LogP contribution in [0.15, 0.2) is 30.9 Å². The van der Waals surface area contributed by atoms with E-state index in [0.29, 0.717) is 19.5 Å². The van der Waals surface area contributed by atoms with Crippen molar-refractivity contribution in [1.29, 1.82) is 0 Å². The SMILES string of the molecule is C=CC(=O)N1CCN(C(=O)Nc2cc(C(F)(F)F)ccc2Cl)C2CC21. The van der Waals surface area contributed by atoms with Crippen LogP contribution in [0.1, 0.15) is 12.0 Å². The Hall–Kier alpha value is -2.22. The Morgan fingerprint density at radius 1 is 1.24 bits per heavy atom. The molecule has 0 radical (unpaired) electrons. The maximum Gasteiger partial charge on any atom is 0.416 e. The van der Waals surface area contributed by atoms with Gasteiger partial charge in [0, 0.05) is 13.1 Å². The van der Waals surface area contributed by atoms with Crippen LogP contribution < -0.4 is 5.32 Å². The summed E-state index contributed by atoms with van der Waals surface area (Å²) in [6.07, 6.45) is -2.65. The molecule has 3 rings (SSSR count). The summed E-state index contributed by atoms with van der Waals surface area (Å²) in [4.78, 5) is 27.3. The average Bonchev–Trinajstić information content (AvgIpc) is 3.34. The largest absolute Gasteiger partial charge is 0.416 e. The van der Waals surface area contributed by atoms with Crippen molar-refractivity contribution >= 4 is 29.2 Å². The fourth-order valence-corrected chi connectivity index (χ4v) is 3.18. The van der Waals surface area contributed by atoms with E-state index in [1.54, 1.807) is 4.90 Å². The number of carbonyl (C=O) groups excluding carboxylic acids is 2. The van der Waals surface area contributed by atoms with Gasteiger partial charge in [-0.05, 0) is 30.7 Å². The summed E-state index contributed by atoms with van der Waals surface area (Å²) in [6.45, 7) is 4.10. The van der Waals surface area contributed by atoms with E-state index in [1.165, 1.54) is 11.0 Å². The molecule has 5 nitrogen and oxygen atoms in total. The van der Waals surface area contributed by atoms with Crippen LogP contribution in [0, 0.1) is 0 Å². The lowest BCUT2D eigenvalue weighted by Crippen LogP contribution is -2.51. The topological polar surface area (TPSA) is 52.7 Å². The molecule has 1 aromatic rings. The van der Waals surface area contributed by atoms with Gasteiger partial charge in [0.1, 0.15) is 0 Å². The number of hydrogen-bond donors (Lipinski definition) is 1. The van der Waals surface area contributed by atoms with Gasteiger partial charge < -0.3 is 15.1 Å². The van der Waals surface area contributed by atoms with E-state index in [9.17, 15) is 22.8 Å². The third kappa shape index (κ3) is 3.44. The zero-order chi connectivity index (χ0) is 18.4.